The molecule has 0 aromatic carbocycles. The SMILES string of the molecule is CCCCCCCCCC[Si](C)(C)O[SiH](OC)OC. The van der Waals surface area contributed by atoms with Crippen LogP contribution in [-0.4, -0.2) is 32.1 Å². The normalized spacial score (nSPS) is 12.3. The van der Waals surface area contributed by atoms with Crippen molar-refractivity contribution in [3.8, 4) is 0 Å². The molecule has 0 rings (SSSR count). The quantitative estimate of drug-likeness (QED) is 0.374. The van der Waals surface area contributed by atoms with Gasteiger partial charge in [-0.2, -0.15) is 0 Å². The Hall–Kier alpha value is 0.314. The van der Waals surface area contributed by atoms with Gasteiger partial charge in [-0.3, -0.25) is 0 Å². The molecule has 0 fully saturated rings. The minimum absolute atomic E-state index is 1.22. The third-order valence-corrected chi connectivity index (χ3v) is 9.08. The van der Waals surface area contributed by atoms with Crippen LogP contribution in [0, 0.1) is 0 Å². The molecule has 0 saturated carbocycles. The van der Waals surface area contributed by atoms with E-state index in [2.05, 4.69) is 20.0 Å². The van der Waals surface area contributed by atoms with Gasteiger partial charge in [0.1, 0.15) is 0 Å². The lowest BCUT2D eigenvalue weighted by molar-refractivity contribution is 0.198. The molecule has 0 atom stereocenters. The average Bonchev–Trinajstić information content (AvgIpc) is 2.39. The van der Waals surface area contributed by atoms with Crippen LogP contribution >= 0.6 is 0 Å². The lowest BCUT2D eigenvalue weighted by atomic mass is 10.1. The molecular formula is C14H34O3Si2. The Kier molecular flexibility index (Phi) is 12.3. The van der Waals surface area contributed by atoms with Gasteiger partial charge >= 0.3 is 9.53 Å². The minimum Gasteiger partial charge on any atom is -0.418 e. The predicted octanol–water partition coefficient (Wildman–Crippen LogP) is 4.36. The summed E-state index contributed by atoms with van der Waals surface area (Å²) in [5, 5.41) is 0. The molecular weight excluding hydrogens is 272 g/mol. The Morgan fingerprint density at radius 1 is 0.789 bits per heavy atom. The van der Waals surface area contributed by atoms with Crippen LogP contribution in [-0.2, 0) is 13.0 Å². The Morgan fingerprint density at radius 2 is 1.26 bits per heavy atom. The zero-order valence-corrected chi connectivity index (χ0v) is 15.8. The van der Waals surface area contributed by atoms with E-state index in [0.717, 1.165) is 0 Å². The smallest absolute Gasteiger partial charge is 0.418 e. The highest BCUT2D eigenvalue weighted by molar-refractivity contribution is 6.76. The van der Waals surface area contributed by atoms with E-state index in [1.165, 1.54) is 57.4 Å². The van der Waals surface area contributed by atoms with Gasteiger partial charge < -0.3 is 13.0 Å². The number of hydrogen-bond donors (Lipinski definition) is 0. The van der Waals surface area contributed by atoms with Gasteiger partial charge in [0.15, 0.2) is 8.32 Å². The van der Waals surface area contributed by atoms with Crippen molar-refractivity contribution >= 4 is 17.8 Å². The molecule has 116 valence electrons. The fourth-order valence-corrected chi connectivity index (χ4v) is 6.82. The Labute approximate surface area is 123 Å². The van der Waals surface area contributed by atoms with E-state index in [0.29, 0.717) is 0 Å². The van der Waals surface area contributed by atoms with Crippen molar-refractivity contribution in [3.05, 3.63) is 0 Å². The van der Waals surface area contributed by atoms with Gasteiger partial charge in [0.2, 0.25) is 0 Å². The van der Waals surface area contributed by atoms with E-state index in [-0.39, 0.29) is 0 Å². The molecule has 3 nitrogen and oxygen atoms in total. The number of unbranched alkanes of at least 4 members (excludes halogenated alkanes) is 7. The lowest BCUT2D eigenvalue weighted by Crippen LogP contribution is -2.40. The van der Waals surface area contributed by atoms with Gasteiger partial charge in [-0.1, -0.05) is 58.3 Å². The lowest BCUT2D eigenvalue weighted by Gasteiger charge is -2.26. The van der Waals surface area contributed by atoms with E-state index < -0.39 is 17.8 Å². The van der Waals surface area contributed by atoms with Crippen molar-refractivity contribution in [1.29, 1.82) is 0 Å². The molecule has 0 saturated heterocycles. The highest BCUT2D eigenvalue weighted by Gasteiger charge is 2.27. The molecule has 0 N–H and O–H groups in total. The summed E-state index contributed by atoms with van der Waals surface area (Å²) < 4.78 is 16.5. The topological polar surface area (TPSA) is 27.7 Å². The second-order valence-electron chi connectivity index (χ2n) is 5.86. The maximum atomic E-state index is 6.03. The summed E-state index contributed by atoms with van der Waals surface area (Å²) in [5.41, 5.74) is 0. The molecule has 0 aromatic heterocycles. The van der Waals surface area contributed by atoms with Crippen molar-refractivity contribution in [2.24, 2.45) is 0 Å². The van der Waals surface area contributed by atoms with E-state index in [9.17, 15) is 0 Å². The van der Waals surface area contributed by atoms with Crippen LogP contribution in [0.4, 0.5) is 0 Å². The van der Waals surface area contributed by atoms with Crippen LogP contribution in [0.1, 0.15) is 58.3 Å². The number of hydrogen-bond acceptors (Lipinski definition) is 3. The Morgan fingerprint density at radius 3 is 1.74 bits per heavy atom. The van der Waals surface area contributed by atoms with E-state index in [4.69, 9.17) is 13.0 Å². The fraction of sp³-hybridized carbons (Fsp3) is 1.00. The molecule has 0 aliphatic rings. The summed E-state index contributed by atoms with van der Waals surface area (Å²) >= 11 is 0. The molecule has 0 spiro atoms. The van der Waals surface area contributed by atoms with Gasteiger partial charge in [-0.15, -0.1) is 0 Å². The molecule has 5 heteroatoms. The largest absolute Gasteiger partial charge is 0.473 e. The third-order valence-electron chi connectivity index (χ3n) is 3.43. The monoisotopic (exact) mass is 306 g/mol. The van der Waals surface area contributed by atoms with Crippen molar-refractivity contribution < 1.29 is 13.0 Å². The first-order valence-corrected chi connectivity index (χ1v) is 12.3. The molecule has 0 amide bonds. The summed E-state index contributed by atoms with van der Waals surface area (Å²) in [7, 11) is -0.0478. The van der Waals surface area contributed by atoms with Gasteiger partial charge in [0.05, 0.1) is 0 Å². The first-order chi connectivity index (χ1) is 9.05. The minimum atomic E-state index is -1.83. The van der Waals surface area contributed by atoms with Crippen LogP contribution in [0.15, 0.2) is 0 Å². The summed E-state index contributed by atoms with van der Waals surface area (Å²) in [5.74, 6) is 0. The molecule has 0 bridgehead atoms. The molecule has 0 aromatic rings. The maximum Gasteiger partial charge on any atom is 0.473 e. The first-order valence-electron chi connectivity index (χ1n) is 7.79. The van der Waals surface area contributed by atoms with Crippen molar-refractivity contribution in [3.63, 3.8) is 0 Å². The molecule has 0 radical (unpaired) electrons. The summed E-state index contributed by atoms with van der Waals surface area (Å²) in [6.07, 6.45) is 11.0. The molecule has 0 unspecified atom stereocenters. The average molecular weight is 307 g/mol. The predicted molar refractivity (Wildman–Crippen MR) is 87.2 cm³/mol. The second-order valence-corrected chi connectivity index (χ2v) is 12.3. The fourth-order valence-electron chi connectivity index (χ4n) is 2.20. The maximum absolute atomic E-state index is 6.03. The van der Waals surface area contributed by atoms with Crippen molar-refractivity contribution in [2.75, 3.05) is 14.2 Å². The van der Waals surface area contributed by atoms with Crippen LogP contribution in [0.2, 0.25) is 19.1 Å². The molecule has 0 aliphatic carbocycles. The van der Waals surface area contributed by atoms with Crippen LogP contribution in [0.3, 0.4) is 0 Å². The van der Waals surface area contributed by atoms with Gasteiger partial charge in [0, 0.05) is 14.2 Å². The van der Waals surface area contributed by atoms with E-state index in [1.54, 1.807) is 14.2 Å². The summed E-state index contributed by atoms with van der Waals surface area (Å²) in [6, 6.07) is 1.22. The van der Waals surface area contributed by atoms with Gasteiger partial charge in [-0.05, 0) is 19.1 Å². The van der Waals surface area contributed by atoms with E-state index in [1.807, 2.05) is 0 Å². The van der Waals surface area contributed by atoms with Crippen molar-refractivity contribution in [1.82, 2.24) is 0 Å². The first kappa shape index (κ1) is 19.3. The summed E-state index contributed by atoms with van der Waals surface area (Å²) in [4.78, 5) is 0. The Bertz CT molecular complexity index is 197. The molecule has 0 aliphatic heterocycles. The molecule has 0 heterocycles. The van der Waals surface area contributed by atoms with Gasteiger partial charge in [-0.25, -0.2) is 0 Å². The zero-order valence-electron chi connectivity index (χ0n) is 13.7. The van der Waals surface area contributed by atoms with Crippen molar-refractivity contribution in [2.45, 2.75) is 77.4 Å². The third kappa shape index (κ3) is 11.8. The number of rotatable bonds is 13. The van der Waals surface area contributed by atoms with E-state index >= 15 is 0 Å². The zero-order chi connectivity index (χ0) is 14.6. The van der Waals surface area contributed by atoms with Crippen LogP contribution in [0.25, 0.3) is 0 Å². The highest BCUT2D eigenvalue weighted by atomic mass is 28.4. The standard InChI is InChI=1S/C14H34O3Si2/c1-6-7-8-9-10-11-12-13-14-19(4,5)17-18(15-2)16-3/h18H,6-14H2,1-5H3. The Balaban J connectivity index is 3.52. The van der Waals surface area contributed by atoms with Gasteiger partial charge in [0.25, 0.3) is 0 Å². The highest BCUT2D eigenvalue weighted by Crippen LogP contribution is 2.18. The second kappa shape index (κ2) is 12.1. The van der Waals surface area contributed by atoms with Crippen LogP contribution in [0.5, 0.6) is 0 Å². The summed E-state index contributed by atoms with van der Waals surface area (Å²) in [6.45, 7) is 6.81. The molecule has 19 heavy (non-hydrogen) atoms. The van der Waals surface area contributed by atoms with Crippen LogP contribution < -0.4 is 0 Å².